The number of hydrogen-bond donors (Lipinski definition) is 2. The number of amides is 1. The molecule has 0 fully saturated rings. The summed E-state index contributed by atoms with van der Waals surface area (Å²) in [5.41, 5.74) is 2.99. The average molecular weight is 486 g/mol. The maximum Gasteiger partial charge on any atom is 0.271 e. The molecule has 1 aliphatic heterocycles. The lowest BCUT2D eigenvalue weighted by atomic mass is 10.00. The molecule has 0 spiro atoms. The molecule has 0 radical (unpaired) electrons. The number of nitrogens with one attached hydrogen (secondary N) is 1. The Morgan fingerprint density at radius 2 is 1.83 bits per heavy atom. The van der Waals surface area contributed by atoms with Crippen LogP contribution in [0.1, 0.15) is 35.6 Å². The molecule has 3 heterocycles. The first-order valence-electron chi connectivity index (χ1n) is 11.1. The van der Waals surface area contributed by atoms with E-state index in [0.29, 0.717) is 37.8 Å². The van der Waals surface area contributed by atoms with Crippen LogP contribution >= 0.6 is 11.3 Å². The summed E-state index contributed by atoms with van der Waals surface area (Å²) in [7, 11) is 0. The molecule has 2 N–H and O–H groups in total. The van der Waals surface area contributed by atoms with Gasteiger partial charge in [0.25, 0.3) is 11.5 Å². The summed E-state index contributed by atoms with van der Waals surface area (Å²) in [5, 5.41) is 12.5. The maximum atomic E-state index is 13.6. The summed E-state index contributed by atoms with van der Waals surface area (Å²) >= 11 is 1.25. The van der Waals surface area contributed by atoms with Crippen molar-refractivity contribution in [1.82, 2.24) is 4.57 Å². The number of fused-ring (bicyclic) bond motifs is 1. The van der Waals surface area contributed by atoms with Crippen molar-refractivity contribution in [3.63, 3.8) is 0 Å². The molecule has 0 bridgehead atoms. The van der Waals surface area contributed by atoms with E-state index in [1.807, 2.05) is 44.2 Å². The van der Waals surface area contributed by atoms with Crippen molar-refractivity contribution in [3.05, 3.63) is 114 Å². The lowest BCUT2D eigenvalue weighted by Gasteiger charge is -2.23. The number of carbonyl (C=O) groups excluding carboxylic acids is 1. The molecule has 2 aromatic carbocycles. The highest BCUT2D eigenvalue weighted by Gasteiger charge is 2.34. The highest BCUT2D eigenvalue weighted by molar-refractivity contribution is 7.07. The number of furan rings is 1. The zero-order chi connectivity index (χ0) is 24.7. The molecule has 5 rings (SSSR count). The van der Waals surface area contributed by atoms with E-state index in [1.54, 1.807) is 43.3 Å². The summed E-state index contributed by atoms with van der Waals surface area (Å²) in [6.07, 6.45) is 1.75. The summed E-state index contributed by atoms with van der Waals surface area (Å²) in [6, 6.07) is 16.9. The Kier molecular flexibility index (Phi) is 5.74. The molecule has 7 nitrogen and oxygen atoms in total. The minimum atomic E-state index is -0.758. The van der Waals surface area contributed by atoms with Crippen LogP contribution in [0.15, 0.2) is 86.1 Å². The molecule has 35 heavy (non-hydrogen) atoms. The van der Waals surface area contributed by atoms with Crippen LogP contribution in [-0.4, -0.2) is 15.6 Å². The Morgan fingerprint density at radius 3 is 2.51 bits per heavy atom. The van der Waals surface area contributed by atoms with Gasteiger partial charge in [-0.15, -0.1) is 0 Å². The number of hydrogen-bond acceptors (Lipinski definition) is 6. The van der Waals surface area contributed by atoms with E-state index in [4.69, 9.17) is 4.42 Å². The lowest BCUT2D eigenvalue weighted by Crippen LogP contribution is -2.40. The first-order valence-corrected chi connectivity index (χ1v) is 11.9. The zero-order valence-corrected chi connectivity index (χ0v) is 20.2. The van der Waals surface area contributed by atoms with Crippen LogP contribution in [0.5, 0.6) is 5.75 Å². The predicted octanol–water partition coefficient (Wildman–Crippen LogP) is 3.79. The molecule has 0 saturated carbocycles. The van der Waals surface area contributed by atoms with Gasteiger partial charge >= 0.3 is 0 Å². The molecule has 2 aromatic heterocycles. The number of aromatic hydroxyl groups is 1. The molecule has 0 unspecified atom stereocenters. The first kappa shape index (κ1) is 22.6. The van der Waals surface area contributed by atoms with E-state index in [1.165, 1.54) is 15.9 Å². The fraction of sp³-hybridized carbons (Fsp3) is 0.148. The normalized spacial score (nSPS) is 15.6. The van der Waals surface area contributed by atoms with Crippen molar-refractivity contribution in [3.8, 4) is 5.75 Å². The number of carbonyl (C=O) groups is 1. The van der Waals surface area contributed by atoms with E-state index in [0.717, 1.165) is 11.1 Å². The first-order chi connectivity index (χ1) is 16.8. The third-order valence-corrected chi connectivity index (χ3v) is 6.86. The van der Waals surface area contributed by atoms with Gasteiger partial charge in [0.15, 0.2) is 4.80 Å². The van der Waals surface area contributed by atoms with Crippen LogP contribution in [0, 0.1) is 13.8 Å². The number of anilines is 1. The van der Waals surface area contributed by atoms with Gasteiger partial charge in [0.2, 0.25) is 0 Å². The van der Waals surface area contributed by atoms with Gasteiger partial charge in [-0.05, 0) is 68.3 Å². The van der Waals surface area contributed by atoms with E-state index >= 15 is 0 Å². The van der Waals surface area contributed by atoms with Gasteiger partial charge in [0.1, 0.15) is 23.3 Å². The van der Waals surface area contributed by atoms with Gasteiger partial charge in [-0.3, -0.25) is 14.2 Å². The van der Waals surface area contributed by atoms with Gasteiger partial charge in [0, 0.05) is 5.69 Å². The maximum absolute atomic E-state index is 13.6. The smallest absolute Gasteiger partial charge is 0.271 e. The second-order valence-corrected chi connectivity index (χ2v) is 9.40. The summed E-state index contributed by atoms with van der Waals surface area (Å²) < 4.78 is 7.92. The number of aryl methyl sites for hydroxylation is 2. The van der Waals surface area contributed by atoms with Crippen LogP contribution < -0.4 is 20.2 Å². The van der Waals surface area contributed by atoms with Crippen LogP contribution in [-0.2, 0) is 4.79 Å². The number of aromatic nitrogens is 1. The van der Waals surface area contributed by atoms with Gasteiger partial charge < -0.3 is 14.8 Å². The topological polar surface area (TPSA) is 96.8 Å². The van der Waals surface area contributed by atoms with Crippen molar-refractivity contribution in [1.29, 1.82) is 0 Å². The van der Waals surface area contributed by atoms with Crippen molar-refractivity contribution in [2.45, 2.75) is 26.8 Å². The van der Waals surface area contributed by atoms with Crippen molar-refractivity contribution in [2.24, 2.45) is 4.99 Å². The Morgan fingerprint density at radius 1 is 1.09 bits per heavy atom. The van der Waals surface area contributed by atoms with Crippen LogP contribution in [0.4, 0.5) is 5.69 Å². The lowest BCUT2D eigenvalue weighted by molar-refractivity contribution is -0.113. The third-order valence-electron chi connectivity index (χ3n) is 5.88. The molecule has 4 aromatic rings. The molecule has 0 saturated heterocycles. The molecule has 1 amide bonds. The van der Waals surface area contributed by atoms with E-state index in [2.05, 4.69) is 10.3 Å². The van der Waals surface area contributed by atoms with Crippen LogP contribution in [0.2, 0.25) is 0 Å². The molecule has 176 valence electrons. The standard InChI is InChI=1S/C27H23N3O4S/c1-15-6-4-5-7-20(15)29-25(32)23-17(3)28-27-30(24(23)21-13-8-16(2)34-21)26(33)22(35-27)14-18-9-11-19(31)12-10-18/h4-14,24,31H,1-3H3,(H,29,32)/b22-14-/t24-/m1/s1. The minimum absolute atomic E-state index is 0.150. The van der Waals surface area contributed by atoms with Crippen molar-refractivity contribution < 1.29 is 14.3 Å². The second-order valence-electron chi connectivity index (χ2n) is 8.39. The number of benzene rings is 2. The highest BCUT2D eigenvalue weighted by atomic mass is 32.1. The Bertz CT molecular complexity index is 1660. The fourth-order valence-corrected chi connectivity index (χ4v) is 5.15. The molecular weight excluding hydrogens is 462 g/mol. The third kappa shape index (κ3) is 4.24. The molecule has 8 heteroatoms. The van der Waals surface area contributed by atoms with E-state index in [9.17, 15) is 14.7 Å². The Labute approximate surface area is 205 Å². The van der Waals surface area contributed by atoms with Gasteiger partial charge in [-0.25, -0.2) is 4.99 Å². The van der Waals surface area contributed by atoms with Gasteiger partial charge in [0.05, 0.1) is 15.8 Å². The van der Waals surface area contributed by atoms with Crippen LogP contribution in [0.25, 0.3) is 6.08 Å². The van der Waals surface area contributed by atoms with Crippen molar-refractivity contribution in [2.75, 3.05) is 5.32 Å². The fourth-order valence-electron chi connectivity index (χ4n) is 4.11. The number of phenolic OH excluding ortho intramolecular Hbond substituents is 1. The summed E-state index contributed by atoms with van der Waals surface area (Å²) in [5.74, 6) is 0.979. The number of allylic oxidation sites excluding steroid dienone is 1. The van der Waals surface area contributed by atoms with Crippen molar-refractivity contribution >= 4 is 29.0 Å². The average Bonchev–Trinajstić information content (AvgIpc) is 3.39. The monoisotopic (exact) mass is 485 g/mol. The van der Waals surface area contributed by atoms with E-state index < -0.39 is 6.04 Å². The molecule has 1 aliphatic rings. The van der Waals surface area contributed by atoms with Gasteiger partial charge in [-0.1, -0.05) is 41.7 Å². The number of thiazole rings is 1. The minimum Gasteiger partial charge on any atom is -0.508 e. The number of rotatable bonds is 4. The molecular formula is C27H23N3O4S. The number of phenols is 1. The Hall–Kier alpha value is -4.17. The summed E-state index contributed by atoms with van der Waals surface area (Å²) in [4.78, 5) is 32.3. The largest absolute Gasteiger partial charge is 0.508 e. The second kappa shape index (κ2) is 8.88. The number of nitrogens with zero attached hydrogens (tertiary/aromatic N) is 2. The van der Waals surface area contributed by atoms with Gasteiger partial charge in [-0.2, -0.15) is 0 Å². The number of para-hydroxylation sites is 1. The molecule has 1 atom stereocenters. The molecule has 0 aliphatic carbocycles. The van der Waals surface area contributed by atoms with Crippen LogP contribution in [0.3, 0.4) is 0 Å². The zero-order valence-electron chi connectivity index (χ0n) is 19.4. The highest BCUT2D eigenvalue weighted by Crippen LogP contribution is 2.32. The Balaban J connectivity index is 1.66. The summed E-state index contributed by atoms with van der Waals surface area (Å²) in [6.45, 7) is 5.51. The predicted molar refractivity (Wildman–Crippen MR) is 135 cm³/mol. The SMILES string of the molecule is CC1=C(C(=O)Nc2ccccc2C)[C@@H](c2ccc(C)o2)n2c(s/c(=C\c3ccc(O)cc3)c2=O)=N1. The van der Waals surface area contributed by atoms with E-state index in [-0.39, 0.29) is 17.2 Å². The quantitative estimate of drug-likeness (QED) is 0.460.